The van der Waals surface area contributed by atoms with Crippen LogP contribution in [0.4, 0.5) is 5.95 Å². The Balaban J connectivity index is 1.94. The second kappa shape index (κ2) is 8.99. The van der Waals surface area contributed by atoms with Gasteiger partial charge in [-0.3, -0.25) is 4.79 Å². The van der Waals surface area contributed by atoms with Crippen molar-refractivity contribution >= 4 is 17.7 Å². The van der Waals surface area contributed by atoms with E-state index in [4.69, 9.17) is 18.9 Å². The maximum atomic E-state index is 13.9. The van der Waals surface area contributed by atoms with E-state index in [1.54, 1.807) is 42.5 Å². The van der Waals surface area contributed by atoms with Crippen LogP contribution in [0.15, 0.2) is 53.7 Å². The molecule has 11 nitrogen and oxygen atoms in total. The summed E-state index contributed by atoms with van der Waals surface area (Å²) in [7, 11) is 5.74. The fraction of sp³-hybridized carbons (Fsp3) is 0.227. The standard InChI is InChI=1S/C22H21N5O6/c1-30-14-7-5-6-12(10-14)19-17(18(21(29)33-4)23-22-24-25-26-27(19)22)20(28)13-8-9-15(31-2)16(11-13)32-3/h5-11,19H,1-4H3,(H,23,24,26)/t19-/m1/s1. The van der Waals surface area contributed by atoms with Gasteiger partial charge in [0, 0.05) is 5.56 Å². The van der Waals surface area contributed by atoms with Crippen molar-refractivity contribution in [2.75, 3.05) is 33.8 Å². The highest BCUT2D eigenvalue weighted by molar-refractivity contribution is 6.15. The Morgan fingerprint density at radius 2 is 1.76 bits per heavy atom. The zero-order valence-electron chi connectivity index (χ0n) is 18.4. The zero-order valence-corrected chi connectivity index (χ0v) is 18.4. The number of hydrogen-bond acceptors (Lipinski definition) is 10. The number of fused-ring (bicyclic) bond motifs is 1. The Morgan fingerprint density at radius 1 is 0.970 bits per heavy atom. The lowest BCUT2D eigenvalue weighted by molar-refractivity contribution is -0.136. The number of rotatable bonds is 7. The molecule has 170 valence electrons. The maximum absolute atomic E-state index is 13.9. The Labute approximate surface area is 188 Å². The van der Waals surface area contributed by atoms with Crippen molar-refractivity contribution in [3.05, 3.63) is 64.9 Å². The molecule has 1 aliphatic heterocycles. The second-order valence-electron chi connectivity index (χ2n) is 6.93. The molecule has 0 aliphatic carbocycles. The monoisotopic (exact) mass is 451 g/mol. The van der Waals surface area contributed by atoms with Crippen molar-refractivity contribution in [1.29, 1.82) is 0 Å². The number of methoxy groups -OCH3 is 4. The van der Waals surface area contributed by atoms with Gasteiger partial charge in [0.05, 0.1) is 34.0 Å². The van der Waals surface area contributed by atoms with Crippen LogP contribution in [0, 0.1) is 0 Å². The molecular formula is C22H21N5O6. The minimum absolute atomic E-state index is 0.0626. The number of carbonyl (C=O) groups is 2. The highest BCUT2D eigenvalue weighted by Gasteiger charge is 2.38. The third kappa shape index (κ3) is 3.84. The van der Waals surface area contributed by atoms with Crippen LogP contribution in [-0.2, 0) is 9.53 Å². The topological polar surface area (TPSA) is 127 Å². The lowest BCUT2D eigenvalue weighted by atomic mass is 9.89. The van der Waals surface area contributed by atoms with Crippen LogP contribution in [0.5, 0.6) is 17.2 Å². The predicted molar refractivity (Wildman–Crippen MR) is 115 cm³/mol. The molecule has 1 atom stereocenters. The number of allylic oxidation sites excluding steroid dienone is 1. The average Bonchev–Trinajstić information content (AvgIpc) is 3.34. The van der Waals surface area contributed by atoms with E-state index in [2.05, 4.69) is 20.8 Å². The highest BCUT2D eigenvalue weighted by atomic mass is 16.5. The summed E-state index contributed by atoms with van der Waals surface area (Å²) in [5, 5.41) is 14.5. The molecule has 0 saturated heterocycles. The molecule has 0 saturated carbocycles. The number of benzene rings is 2. The van der Waals surface area contributed by atoms with Gasteiger partial charge >= 0.3 is 5.97 Å². The molecule has 0 radical (unpaired) electrons. The van der Waals surface area contributed by atoms with E-state index in [-0.39, 0.29) is 22.8 Å². The average molecular weight is 451 g/mol. The molecule has 0 fully saturated rings. The van der Waals surface area contributed by atoms with Gasteiger partial charge in [0.15, 0.2) is 17.3 Å². The fourth-order valence-electron chi connectivity index (χ4n) is 3.64. The molecule has 3 aromatic rings. The summed E-state index contributed by atoms with van der Waals surface area (Å²) in [6.07, 6.45) is 0. The Hall–Kier alpha value is -4.41. The van der Waals surface area contributed by atoms with Gasteiger partial charge in [0.1, 0.15) is 17.5 Å². The number of nitrogens with one attached hydrogen (secondary N) is 1. The summed E-state index contributed by atoms with van der Waals surface area (Å²) in [5.41, 5.74) is 0.944. The first-order chi connectivity index (χ1) is 16.0. The molecule has 1 aliphatic rings. The first-order valence-electron chi connectivity index (χ1n) is 9.80. The molecule has 1 N–H and O–H groups in total. The number of ketones is 1. The van der Waals surface area contributed by atoms with Gasteiger partial charge in [-0.05, 0) is 46.3 Å². The second-order valence-corrected chi connectivity index (χ2v) is 6.93. The number of ether oxygens (including phenoxy) is 4. The van der Waals surface area contributed by atoms with Crippen molar-refractivity contribution < 1.29 is 28.5 Å². The van der Waals surface area contributed by atoms with Gasteiger partial charge in [-0.15, -0.1) is 0 Å². The molecule has 0 amide bonds. The number of hydrogen-bond donors (Lipinski definition) is 1. The van der Waals surface area contributed by atoms with E-state index in [1.165, 1.54) is 33.1 Å². The van der Waals surface area contributed by atoms with Gasteiger partial charge in [0.25, 0.3) is 0 Å². The minimum Gasteiger partial charge on any atom is -0.497 e. The third-order valence-corrected chi connectivity index (χ3v) is 5.21. The number of esters is 1. The lowest BCUT2D eigenvalue weighted by Crippen LogP contribution is -2.33. The molecule has 2 aromatic carbocycles. The third-order valence-electron chi connectivity index (χ3n) is 5.21. The Morgan fingerprint density at radius 3 is 2.45 bits per heavy atom. The van der Waals surface area contributed by atoms with E-state index >= 15 is 0 Å². The summed E-state index contributed by atoms with van der Waals surface area (Å²) in [6.45, 7) is 0. The van der Waals surface area contributed by atoms with Crippen molar-refractivity contribution in [2.24, 2.45) is 0 Å². The quantitative estimate of drug-likeness (QED) is 0.421. The van der Waals surface area contributed by atoms with Crippen molar-refractivity contribution in [1.82, 2.24) is 20.2 Å². The predicted octanol–water partition coefficient (Wildman–Crippen LogP) is 2.02. The van der Waals surface area contributed by atoms with Crippen molar-refractivity contribution in [3.8, 4) is 17.2 Å². The van der Waals surface area contributed by atoms with E-state index in [0.717, 1.165) is 0 Å². The molecule has 33 heavy (non-hydrogen) atoms. The summed E-state index contributed by atoms with van der Waals surface area (Å²) in [4.78, 5) is 26.6. The molecule has 0 spiro atoms. The van der Waals surface area contributed by atoms with E-state index in [0.29, 0.717) is 22.8 Å². The van der Waals surface area contributed by atoms with Gasteiger partial charge in [0.2, 0.25) is 5.95 Å². The van der Waals surface area contributed by atoms with Crippen LogP contribution in [0.1, 0.15) is 22.0 Å². The van der Waals surface area contributed by atoms with Gasteiger partial charge in [-0.2, -0.15) is 4.68 Å². The molecule has 1 aromatic heterocycles. The molecule has 4 rings (SSSR count). The molecule has 11 heteroatoms. The first-order valence-corrected chi connectivity index (χ1v) is 9.80. The molecule has 2 heterocycles. The first kappa shape index (κ1) is 21.8. The van der Waals surface area contributed by atoms with Gasteiger partial charge in [-0.25, -0.2) is 4.79 Å². The number of Topliss-reactive ketones (excluding diaryl/α,β-unsaturated/α-hetero) is 1. The van der Waals surface area contributed by atoms with Gasteiger partial charge in [-0.1, -0.05) is 17.2 Å². The van der Waals surface area contributed by atoms with E-state index in [9.17, 15) is 9.59 Å². The SMILES string of the molecule is COC(=O)C1=C(C(=O)c2ccc(OC)c(OC)c2)[C@@H](c2cccc(OC)c2)n2nnnc2N1. The normalized spacial score (nSPS) is 14.7. The Bertz CT molecular complexity index is 1250. The Kier molecular flexibility index (Phi) is 5.94. The van der Waals surface area contributed by atoms with Crippen LogP contribution in [-0.4, -0.2) is 60.4 Å². The minimum atomic E-state index is -0.832. The largest absolute Gasteiger partial charge is 0.497 e. The molecular weight excluding hydrogens is 430 g/mol. The number of aromatic nitrogens is 4. The number of carbonyl (C=O) groups excluding carboxylic acids is 2. The number of tetrazole rings is 1. The lowest BCUT2D eigenvalue weighted by Gasteiger charge is -2.28. The van der Waals surface area contributed by atoms with E-state index in [1.807, 2.05) is 0 Å². The van der Waals surface area contributed by atoms with Crippen LogP contribution in [0.2, 0.25) is 0 Å². The van der Waals surface area contributed by atoms with Crippen LogP contribution in [0.25, 0.3) is 0 Å². The molecule has 0 bridgehead atoms. The van der Waals surface area contributed by atoms with Crippen molar-refractivity contribution in [2.45, 2.75) is 6.04 Å². The number of nitrogens with zero attached hydrogens (tertiary/aromatic N) is 4. The van der Waals surface area contributed by atoms with Crippen LogP contribution < -0.4 is 19.5 Å². The number of anilines is 1. The van der Waals surface area contributed by atoms with E-state index < -0.39 is 17.8 Å². The summed E-state index contributed by atoms with van der Waals surface area (Å²) in [5.74, 6) is 0.405. The maximum Gasteiger partial charge on any atom is 0.355 e. The summed E-state index contributed by atoms with van der Waals surface area (Å²) >= 11 is 0. The fourth-order valence-corrected chi connectivity index (χ4v) is 3.64. The van der Waals surface area contributed by atoms with Gasteiger partial charge < -0.3 is 24.3 Å². The zero-order chi connectivity index (χ0) is 23.5. The molecule has 0 unspecified atom stereocenters. The smallest absolute Gasteiger partial charge is 0.355 e. The highest BCUT2D eigenvalue weighted by Crippen LogP contribution is 2.38. The summed E-state index contributed by atoms with van der Waals surface area (Å²) in [6, 6.07) is 11.0. The van der Waals surface area contributed by atoms with Crippen LogP contribution >= 0.6 is 0 Å². The van der Waals surface area contributed by atoms with Crippen LogP contribution in [0.3, 0.4) is 0 Å². The summed E-state index contributed by atoms with van der Waals surface area (Å²) < 4.78 is 22.3. The van der Waals surface area contributed by atoms with Crippen molar-refractivity contribution in [3.63, 3.8) is 0 Å².